The normalized spacial score (nSPS) is 16.3. The van der Waals surface area contributed by atoms with Crippen molar-refractivity contribution in [3.05, 3.63) is 137 Å². The molecule has 7 rings (SSSR count). The maximum Gasteiger partial charge on any atom is 0.501 e. The Morgan fingerprint density at radius 1 is 0.762 bits per heavy atom. The van der Waals surface area contributed by atoms with Crippen LogP contribution in [0, 0.1) is 0 Å². The molecule has 334 valence electrons. The number of benzene rings is 5. The number of carbonyl (C=O) groups is 1. The molecule has 2 aliphatic rings. The fourth-order valence-electron chi connectivity index (χ4n) is 7.84. The Bertz CT molecular complexity index is 2400. The molecule has 1 amide bonds. The van der Waals surface area contributed by atoms with E-state index in [1.807, 2.05) is 72.8 Å². The number of carbonyl (C=O) groups excluding carboxylic acids is 1. The fraction of sp³-hybridized carbons (Fsp3) is 0.340. The van der Waals surface area contributed by atoms with Crippen molar-refractivity contribution in [1.29, 1.82) is 0 Å². The minimum absolute atomic E-state index is 0.137. The Morgan fingerprint density at radius 2 is 1.41 bits per heavy atom. The van der Waals surface area contributed by atoms with Gasteiger partial charge in [0.05, 0.1) is 5.69 Å². The van der Waals surface area contributed by atoms with Crippen LogP contribution >= 0.6 is 35.3 Å². The van der Waals surface area contributed by atoms with E-state index < -0.39 is 26.1 Å². The van der Waals surface area contributed by atoms with E-state index in [1.165, 1.54) is 23.3 Å². The largest absolute Gasteiger partial charge is 0.501 e. The third-order valence-corrected chi connectivity index (χ3v) is 15.1. The Labute approximate surface area is 382 Å². The molecule has 1 unspecified atom stereocenters. The number of nitrogens with one attached hydrogen (secondary N) is 2. The van der Waals surface area contributed by atoms with Crippen molar-refractivity contribution in [2.75, 3.05) is 74.9 Å². The summed E-state index contributed by atoms with van der Waals surface area (Å²) in [5, 5.41) is 3.89. The summed E-state index contributed by atoms with van der Waals surface area (Å²) in [6.07, 6.45) is 0. The lowest BCUT2D eigenvalue weighted by Crippen LogP contribution is -2.51. The molecular weight excluding hydrogens is 885 g/mol. The predicted molar refractivity (Wildman–Crippen MR) is 252 cm³/mol. The molecule has 5 aromatic carbocycles. The predicted octanol–water partition coefficient (Wildman–Crippen LogP) is 9.66. The van der Waals surface area contributed by atoms with Crippen LogP contribution in [0.3, 0.4) is 0 Å². The van der Waals surface area contributed by atoms with E-state index in [-0.39, 0.29) is 16.6 Å². The second-order valence-corrected chi connectivity index (χ2v) is 20.3. The first-order chi connectivity index (χ1) is 30.2. The average Bonchev–Trinajstić information content (AvgIpc) is 3.28. The van der Waals surface area contributed by atoms with E-state index >= 15 is 0 Å². The van der Waals surface area contributed by atoms with Gasteiger partial charge in [0.15, 0.2) is 0 Å². The van der Waals surface area contributed by atoms with Crippen LogP contribution in [-0.4, -0.2) is 111 Å². The zero-order chi connectivity index (χ0) is 44.6. The smallest absolute Gasteiger partial charge is 0.379 e. The summed E-state index contributed by atoms with van der Waals surface area (Å²) in [7, 11) is -5.76. The number of amides is 1. The minimum Gasteiger partial charge on any atom is -0.379 e. The average molecular weight is 938 g/mol. The van der Waals surface area contributed by atoms with Crippen LogP contribution < -0.4 is 14.9 Å². The number of hydrogen-bond donors (Lipinski definition) is 2. The van der Waals surface area contributed by atoms with Gasteiger partial charge in [-0.1, -0.05) is 66.2 Å². The van der Waals surface area contributed by atoms with Crippen molar-refractivity contribution in [1.82, 2.24) is 19.4 Å². The number of halogens is 4. The summed E-state index contributed by atoms with van der Waals surface area (Å²) in [4.78, 5) is 22.9. The number of nitrogens with zero attached hydrogens (tertiary/aromatic N) is 4. The molecule has 16 heteroatoms. The van der Waals surface area contributed by atoms with Gasteiger partial charge in [0.2, 0.25) is 0 Å². The summed E-state index contributed by atoms with van der Waals surface area (Å²) in [6.45, 7) is 12.3. The highest BCUT2D eigenvalue weighted by molar-refractivity contribution is 7.99. The zero-order valence-corrected chi connectivity index (χ0v) is 38.4. The molecule has 2 fully saturated rings. The summed E-state index contributed by atoms with van der Waals surface area (Å²) >= 11 is 8.45. The van der Waals surface area contributed by atoms with E-state index in [0.29, 0.717) is 28.9 Å². The van der Waals surface area contributed by atoms with Crippen molar-refractivity contribution in [2.45, 2.75) is 52.7 Å². The molecule has 2 saturated heterocycles. The standard InChI is InChI=1S/C47H52ClF3N6O3S3/c1-34(2)56-26-22-55(23-27-56)32-39(33-61-41-9-4-3-5-10-41)52-44-21-20-42(30-45(44)63(59,60)47(49,50)51)62-53-46(58)36-14-18-40(19-15-36)57-28-24-54(25-29-57)31-37-8-6-7-11-43(37)35-12-16-38(48)17-13-35/h3-21,30,34,39,52H,22-29,31-33H2,1-2H3,(H,53,58). The molecule has 0 aliphatic carbocycles. The maximum atomic E-state index is 14.2. The van der Waals surface area contributed by atoms with Gasteiger partial charge in [0.1, 0.15) is 4.90 Å². The Kier molecular flexibility index (Phi) is 15.7. The lowest BCUT2D eigenvalue weighted by atomic mass is 9.99. The van der Waals surface area contributed by atoms with Crippen molar-refractivity contribution < 1.29 is 26.4 Å². The first kappa shape index (κ1) is 46.8. The van der Waals surface area contributed by atoms with Crippen molar-refractivity contribution in [3.63, 3.8) is 0 Å². The van der Waals surface area contributed by atoms with Crippen molar-refractivity contribution in [2.24, 2.45) is 0 Å². The highest BCUT2D eigenvalue weighted by Gasteiger charge is 2.48. The molecule has 2 heterocycles. The Balaban J connectivity index is 0.979. The second-order valence-electron chi connectivity index (χ2n) is 16.0. The van der Waals surface area contributed by atoms with Gasteiger partial charge in [-0.2, -0.15) is 13.2 Å². The van der Waals surface area contributed by atoms with E-state index in [1.54, 1.807) is 23.9 Å². The molecule has 0 saturated carbocycles. The molecule has 5 aromatic rings. The molecular formula is C47H52ClF3N6O3S3. The van der Waals surface area contributed by atoms with Crippen LogP contribution in [-0.2, 0) is 16.4 Å². The first-order valence-electron chi connectivity index (χ1n) is 21.0. The monoisotopic (exact) mass is 936 g/mol. The van der Waals surface area contributed by atoms with Gasteiger partial charge in [-0.05, 0) is 109 Å². The number of sulfone groups is 1. The summed E-state index contributed by atoms with van der Waals surface area (Å²) < 4.78 is 71.4. The SMILES string of the molecule is CC(C)N1CCN(CC(CSc2ccccc2)Nc2ccc(SNC(=O)c3ccc(N4CCN(Cc5ccccc5-c5ccc(Cl)cc5)CC4)cc3)cc2S(=O)(=O)C(F)(F)F)CC1. The molecule has 0 bridgehead atoms. The molecule has 2 N–H and O–H groups in total. The molecule has 0 aromatic heterocycles. The van der Waals surface area contributed by atoms with Crippen LogP contribution in [0.4, 0.5) is 24.5 Å². The van der Waals surface area contributed by atoms with Gasteiger partial charge in [0.25, 0.3) is 15.7 Å². The van der Waals surface area contributed by atoms with Gasteiger partial charge in [-0.3, -0.25) is 24.2 Å². The van der Waals surface area contributed by atoms with E-state index in [2.05, 4.69) is 61.7 Å². The van der Waals surface area contributed by atoms with Gasteiger partial charge in [0, 0.05) is 109 Å². The molecule has 2 aliphatic heterocycles. The van der Waals surface area contributed by atoms with Gasteiger partial charge in [-0.25, -0.2) is 8.42 Å². The number of hydrogen-bond acceptors (Lipinski definition) is 10. The number of piperazine rings is 2. The lowest BCUT2D eigenvalue weighted by molar-refractivity contribution is -0.0435. The molecule has 0 radical (unpaired) electrons. The topological polar surface area (TPSA) is 88.2 Å². The fourth-order valence-corrected chi connectivity index (χ4v) is 10.6. The van der Waals surface area contributed by atoms with E-state index in [4.69, 9.17) is 11.6 Å². The van der Waals surface area contributed by atoms with Crippen LogP contribution in [0.1, 0.15) is 29.8 Å². The van der Waals surface area contributed by atoms with Gasteiger partial charge < -0.3 is 10.2 Å². The highest BCUT2D eigenvalue weighted by atomic mass is 35.5. The maximum absolute atomic E-state index is 14.2. The highest BCUT2D eigenvalue weighted by Crippen LogP contribution is 2.37. The lowest BCUT2D eigenvalue weighted by Gasteiger charge is -2.38. The quantitative estimate of drug-likeness (QED) is 0.0737. The summed E-state index contributed by atoms with van der Waals surface area (Å²) in [5.74, 6) is 0.0243. The van der Waals surface area contributed by atoms with E-state index in [9.17, 15) is 26.4 Å². The third-order valence-electron chi connectivity index (χ3n) is 11.4. The minimum atomic E-state index is -5.76. The second kappa shape index (κ2) is 21.2. The number of alkyl halides is 3. The number of anilines is 2. The number of thioether (sulfide) groups is 1. The third kappa shape index (κ3) is 12.3. The molecule has 0 spiro atoms. The first-order valence-corrected chi connectivity index (χ1v) is 24.6. The number of rotatable bonds is 16. The van der Waals surface area contributed by atoms with Crippen LogP contribution in [0.15, 0.2) is 136 Å². The van der Waals surface area contributed by atoms with E-state index in [0.717, 1.165) is 93.1 Å². The molecule has 1 atom stereocenters. The Hall–Kier alpha value is -4.22. The molecule has 63 heavy (non-hydrogen) atoms. The molecule has 9 nitrogen and oxygen atoms in total. The van der Waals surface area contributed by atoms with Crippen LogP contribution in [0.25, 0.3) is 11.1 Å². The summed E-state index contributed by atoms with van der Waals surface area (Å²) in [5.41, 5.74) is -0.778. The Morgan fingerprint density at radius 3 is 2.08 bits per heavy atom. The van der Waals surface area contributed by atoms with Gasteiger partial charge >= 0.3 is 5.51 Å². The van der Waals surface area contributed by atoms with Gasteiger partial charge in [-0.15, -0.1) is 11.8 Å². The van der Waals surface area contributed by atoms with Crippen LogP contribution in [0.5, 0.6) is 0 Å². The zero-order valence-electron chi connectivity index (χ0n) is 35.2. The summed E-state index contributed by atoms with van der Waals surface area (Å²) in [6, 6.07) is 37.1. The van der Waals surface area contributed by atoms with Crippen molar-refractivity contribution >= 4 is 62.4 Å². The van der Waals surface area contributed by atoms with Crippen molar-refractivity contribution in [3.8, 4) is 11.1 Å². The van der Waals surface area contributed by atoms with Crippen LogP contribution in [0.2, 0.25) is 5.02 Å².